The molecule has 7 aromatic carbocycles. The molecule has 2 aliphatic rings. The molecule has 2 aromatic heterocycles. The van der Waals surface area contributed by atoms with Crippen LogP contribution in [0.1, 0.15) is 137 Å². The van der Waals surface area contributed by atoms with E-state index in [-0.39, 0.29) is 0 Å². The van der Waals surface area contributed by atoms with Crippen LogP contribution in [-0.2, 0) is 12.8 Å². The Labute approximate surface area is 421 Å². The van der Waals surface area contributed by atoms with Gasteiger partial charge in [-0.25, -0.2) is 19.9 Å². The topological polar surface area (TPSA) is 147 Å². The van der Waals surface area contributed by atoms with Gasteiger partial charge in [0.1, 0.15) is 22.1 Å². The smallest absolute Gasteiger partial charge is 0.100 e. The SMILES string of the molecule is CCCCCCCCCc1ccc(-c2c3nc4c(nc3c(-c3ccc(CCCCCCCCC)cc3)c3nc5c(nc23)-c2ccc(C#N)c3c(C#N)ccc-5c23)-c2ccc(C#N)c3c(C#N)ccc-4c23)cc1. The highest BCUT2D eigenvalue weighted by Gasteiger charge is 2.33. The zero-order valence-corrected chi connectivity index (χ0v) is 41.1. The minimum atomic E-state index is 0.437. The number of hydrogen-bond donors (Lipinski definition) is 0. The number of nitriles is 4. The van der Waals surface area contributed by atoms with E-state index >= 15 is 0 Å². The second kappa shape index (κ2) is 19.8. The monoisotopic (exact) mass is 934 g/mol. The van der Waals surface area contributed by atoms with Gasteiger partial charge < -0.3 is 0 Å². The van der Waals surface area contributed by atoms with Crippen LogP contribution < -0.4 is 0 Å². The van der Waals surface area contributed by atoms with Gasteiger partial charge in [0.25, 0.3) is 0 Å². The Morgan fingerprint density at radius 1 is 0.319 bits per heavy atom. The average Bonchev–Trinajstić information content (AvgIpc) is 3.91. The highest BCUT2D eigenvalue weighted by Crippen LogP contribution is 2.53. The van der Waals surface area contributed by atoms with Gasteiger partial charge in [0.05, 0.1) is 69.3 Å². The zero-order valence-electron chi connectivity index (χ0n) is 41.1. The van der Waals surface area contributed by atoms with E-state index in [1.807, 2.05) is 24.3 Å². The first-order valence-corrected chi connectivity index (χ1v) is 26.1. The van der Waals surface area contributed by atoms with Crippen LogP contribution in [0, 0.1) is 45.3 Å². The molecule has 0 spiro atoms. The van der Waals surface area contributed by atoms with Crippen molar-refractivity contribution in [2.24, 2.45) is 0 Å². The van der Waals surface area contributed by atoms with Gasteiger partial charge >= 0.3 is 0 Å². The van der Waals surface area contributed by atoms with Crippen molar-refractivity contribution in [1.29, 1.82) is 21.0 Å². The van der Waals surface area contributed by atoms with Crippen LogP contribution in [0.4, 0.5) is 0 Å². The fraction of sp³-hybridized carbons (Fsp3) is 0.281. The molecule has 350 valence electrons. The summed E-state index contributed by atoms with van der Waals surface area (Å²) in [6.07, 6.45) is 19.5. The van der Waals surface area contributed by atoms with Crippen molar-refractivity contribution in [3.63, 3.8) is 0 Å². The molecule has 0 amide bonds. The van der Waals surface area contributed by atoms with Crippen molar-refractivity contribution in [3.05, 3.63) is 130 Å². The van der Waals surface area contributed by atoms with Crippen molar-refractivity contribution >= 4 is 43.6 Å². The summed E-state index contributed by atoms with van der Waals surface area (Å²) in [5.74, 6) is 0. The van der Waals surface area contributed by atoms with Gasteiger partial charge in [0, 0.05) is 54.9 Å². The molecule has 0 saturated carbocycles. The first-order valence-electron chi connectivity index (χ1n) is 26.1. The number of unbranched alkanes of at least 4 members (excludes halogenated alkanes) is 12. The first-order chi connectivity index (χ1) is 35.5. The zero-order chi connectivity index (χ0) is 49.3. The van der Waals surface area contributed by atoms with Crippen LogP contribution in [0.25, 0.3) is 111 Å². The Morgan fingerprint density at radius 3 is 0.875 bits per heavy atom. The molecule has 72 heavy (non-hydrogen) atoms. The maximum atomic E-state index is 10.3. The molecule has 8 nitrogen and oxygen atoms in total. The Hall–Kier alpha value is -8.30. The van der Waals surface area contributed by atoms with Gasteiger partial charge in [0.2, 0.25) is 0 Å². The van der Waals surface area contributed by atoms with E-state index in [1.165, 1.54) is 88.2 Å². The van der Waals surface area contributed by atoms with E-state index < -0.39 is 0 Å². The predicted molar refractivity (Wildman–Crippen MR) is 290 cm³/mol. The van der Waals surface area contributed by atoms with E-state index in [0.717, 1.165) is 81.0 Å². The lowest BCUT2D eigenvalue weighted by atomic mass is 9.92. The summed E-state index contributed by atoms with van der Waals surface area (Å²) >= 11 is 0. The number of nitrogens with zero attached hydrogens (tertiary/aromatic N) is 8. The second-order valence-corrected chi connectivity index (χ2v) is 19.7. The fourth-order valence-corrected chi connectivity index (χ4v) is 11.5. The quantitative estimate of drug-likeness (QED) is 0.0610. The molecule has 0 saturated heterocycles. The maximum Gasteiger partial charge on any atom is 0.100 e. The van der Waals surface area contributed by atoms with E-state index in [1.54, 1.807) is 24.3 Å². The van der Waals surface area contributed by atoms with Gasteiger partial charge in [-0.15, -0.1) is 0 Å². The summed E-state index contributed by atoms with van der Waals surface area (Å²) in [6.45, 7) is 4.51. The van der Waals surface area contributed by atoms with Gasteiger partial charge in [0.15, 0.2) is 0 Å². The van der Waals surface area contributed by atoms with Crippen molar-refractivity contribution in [2.45, 2.75) is 117 Å². The number of aromatic nitrogens is 4. The highest BCUT2D eigenvalue weighted by molar-refractivity contribution is 6.23. The molecule has 11 rings (SSSR count). The van der Waals surface area contributed by atoms with Gasteiger partial charge in [-0.2, -0.15) is 21.0 Å². The molecule has 0 atom stereocenters. The lowest BCUT2D eigenvalue weighted by Gasteiger charge is -2.18. The second-order valence-electron chi connectivity index (χ2n) is 19.7. The average molecular weight is 935 g/mol. The lowest BCUT2D eigenvalue weighted by molar-refractivity contribution is 0.589. The molecule has 0 aliphatic heterocycles. The molecule has 0 unspecified atom stereocenters. The molecular weight excluding hydrogens is 881 g/mol. The molecule has 0 fully saturated rings. The van der Waals surface area contributed by atoms with Crippen LogP contribution in [0.3, 0.4) is 0 Å². The summed E-state index contributed by atoms with van der Waals surface area (Å²) in [4.78, 5) is 22.7. The summed E-state index contributed by atoms with van der Waals surface area (Å²) in [5, 5.41) is 44.0. The molecule has 8 heteroatoms. The molecule has 9 aromatic rings. The number of fused-ring (bicyclic) bond motifs is 8. The fourth-order valence-electron chi connectivity index (χ4n) is 11.5. The molecular formula is C64H54N8. The number of benzene rings is 7. The Morgan fingerprint density at radius 2 is 0.597 bits per heavy atom. The first kappa shape index (κ1) is 46.1. The third-order valence-electron chi connectivity index (χ3n) is 15.2. The van der Waals surface area contributed by atoms with Crippen LogP contribution in [-0.4, -0.2) is 19.9 Å². The molecule has 0 radical (unpaired) electrons. The molecule has 0 bridgehead atoms. The lowest BCUT2D eigenvalue weighted by Crippen LogP contribution is -2.02. The highest BCUT2D eigenvalue weighted by atomic mass is 14.9. The van der Waals surface area contributed by atoms with Crippen molar-refractivity contribution in [1.82, 2.24) is 19.9 Å². The molecule has 2 heterocycles. The Balaban J connectivity index is 1.15. The third-order valence-corrected chi connectivity index (χ3v) is 15.2. The van der Waals surface area contributed by atoms with E-state index in [0.29, 0.717) is 77.9 Å². The summed E-state index contributed by atoms with van der Waals surface area (Å²) in [5.41, 5.74) is 16.6. The standard InChI is InChI=1S/C64H54N8/c1-3-5-7-9-11-13-15-17-39-19-23-41(24-20-39)53-61-63(71-59-49-33-29-45(37-67)51-43(35-65)27-31-47(55(49)51)57(59)69-61)54(42-25-21-40(22-26-42)18-16-14-12-10-8-6-4-2)64-62(53)70-58-48-32-28-44(36-66)52-46(38-68)30-34-50(56(48)52)60(58)72-64/h19-34H,3-18H2,1-2H3. The van der Waals surface area contributed by atoms with Crippen LogP contribution in [0.2, 0.25) is 0 Å². The summed E-state index contributed by atoms with van der Waals surface area (Å²) in [6, 6.07) is 42.0. The number of hydrogen-bond acceptors (Lipinski definition) is 8. The number of rotatable bonds is 18. The summed E-state index contributed by atoms with van der Waals surface area (Å²) in [7, 11) is 0. The predicted octanol–water partition coefficient (Wildman–Crippen LogP) is 16.6. The largest absolute Gasteiger partial charge is 0.243 e. The molecule has 2 aliphatic carbocycles. The van der Waals surface area contributed by atoms with Crippen LogP contribution in [0.5, 0.6) is 0 Å². The van der Waals surface area contributed by atoms with Crippen molar-refractivity contribution in [3.8, 4) is 91.6 Å². The van der Waals surface area contributed by atoms with Crippen molar-refractivity contribution < 1.29 is 0 Å². The van der Waals surface area contributed by atoms with Gasteiger partial charge in [-0.05, 0) is 72.2 Å². The molecule has 0 N–H and O–H groups in total. The Kier molecular flexibility index (Phi) is 12.7. The summed E-state index contributed by atoms with van der Waals surface area (Å²) < 4.78 is 0. The normalized spacial score (nSPS) is 11.8. The number of aryl methyl sites for hydroxylation is 2. The van der Waals surface area contributed by atoms with E-state index in [9.17, 15) is 21.0 Å². The third kappa shape index (κ3) is 7.89. The van der Waals surface area contributed by atoms with Gasteiger partial charge in [-0.1, -0.05) is 164 Å². The minimum Gasteiger partial charge on any atom is -0.243 e. The minimum absolute atomic E-state index is 0.437. The Bertz CT molecular complexity index is 3390. The van der Waals surface area contributed by atoms with Crippen LogP contribution >= 0.6 is 0 Å². The van der Waals surface area contributed by atoms with Gasteiger partial charge in [-0.3, -0.25) is 0 Å². The maximum absolute atomic E-state index is 10.3. The van der Waals surface area contributed by atoms with Crippen molar-refractivity contribution in [2.75, 3.05) is 0 Å². The van der Waals surface area contributed by atoms with Crippen LogP contribution in [0.15, 0.2) is 97.1 Å². The van der Waals surface area contributed by atoms with E-state index in [4.69, 9.17) is 19.9 Å². The van der Waals surface area contributed by atoms with E-state index in [2.05, 4.69) is 86.7 Å².